The Balaban J connectivity index is 2.13. The Kier molecular flexibility index (Phi) is 3.31. The van der Waals surface area contributed by atoms with E-state index >= 15 is 0 Å². The van der Waals surface area contributed by atoms with Crippen molar-refractivity contribution >= 4 is 33.3 Å². The van der Waals surface area contributed by atoms with E-state index in [0.717, 1.165) is 29.6 Å². The zero-order valence-corrected chi connectivity index (χ0v) is 12.5. The minimum absolute atomic E-state index is 0.683. The zero-order valence-electron chi connectivity index (χ0n) is 11.7. The number of fused-ring (bicyclic) bond motifs is 1. The van der Waals surface area contributed by atoms with Crippen molar-refractivity contribution in [3.8, 4) is 0 Å². The molecule has 1 aliphatic carbocycles. The first-order valence-electron chi connectivity index (χ1n) is 6.95. The summed E-state index contributed by atoms with van der Waals surface area (Å²) in [6.45, 7) is 5.44. The average Bonchev–Trinajstić information content (AvgIpc) is 3.16. The number of thiophene rings is 1. The van der Waals surface area contributed by atoms with Crippen LogP contribution in [0.4, 0.5) is 11.8 Å². The van der Waals surface area contributed by atoms with Gasteiger partial charge in [0.1, 0.15) is 10.6 Å². The molecule has 0 spiro atoms. The minimum Gasteiger partial charge on any atom is -0.357 e. The number of rotatable bonds is 5. The van der Waals surface area contributed by atoms with E-state index in [9.17, 15) is 0 Å². The Morgan fingerprint density at radius 2 is 2.21 bits per heavy atom. The Hall–Kier alpha value is -1.36. The standard InChI is InChI=1S/C14H20N4S/c1-4-7-18(10-5-6-10)12-11-8-9(2)19-13(11)17-14(15-3)16-12/h8,10H,4-7H2,1-3H3,(H,15,16,17). The smallest absolute Gasteiger partial charge is 0.225 e. The van der Waals surface area contributed by atoms with E-state index in [1.54, 1.807) is 11.3 Å². The van der Waals surface area contributed by atoms with Gasteiger partial charge < -0.3 is 10.2 Å². The van der Waals surface area contributed by atoms with Crippen molar-refractivity contribution in [3.05, 3.63) is 10.9 Å². The number of nitrogens with zero attached hydrogens (tertiary/aromatic N) is 3. The maximum Gasteiger partial charge on any atom is 0.225 e. The van der Waals surface area contributed by atoms with Crippen molar-refractivity contribution < 1.29 is 0 Å². The summed E-state index contributed by atoms with van der Waals surface area (Å²) in [5.74, 6) is 1.84. The zero-order chi connectivity index (χ0) is 13.4. The van der Waals surface area contributed by atoms with Gasteiger partial charge in [0, 0.05) is 24.5 Å². The van der Waals surface area contributed by atoms with Crippen LogP contribution in [0.5, 0.6) is 0 Å². The molecule has 2 aromatic heterocycles. The summed E-state index contributed by atoms with van der Waals surface area (Å²) in [7, 11) is 1.88. The van der Waals surface area contributed by atoms with Crippen LogP contribution in [0.3, 0.4) is 0 Å². The lowest BCUT2D eigenvalue weighted by Gasteiger charge is -2.23. The van der Waals surface area contributed by atoms with Gasteiger partial charge in [0.25, 0.3) is 0 Å². The van der Waals surface area contributed by atoms with Gasteiger partial charge in [-0.05, 0) is 32.3 Å². The molecular formula is C14H20N4S. The van der Waals surface area contributed by atoms with Gasteiger partial charge in [0.2, 0.25) is 5.95 Å². The van der Waals surface area contributed by atoms with Crippen molar-refractivity contribution in [1.82, 2.24) is 9.97 Å². The quantitative estimate of drug-likeness (QED) is 0.908. The number of hydrogen-bond acceptors (Lipinski definition) is 5. The van der Waals surface area contributed by atoms with Gasteiger partial charge in [-0.3, -0.25) is 0 Å². The molecule has 102 valence electrons. The fourth-order valence-electron chi connectivity index (χ4n) is 2.45. The monoisotopic (exact) mass is 276 g/mol. The van der Waals surface area contributed by atoms with Gasteiger partial charge >= 0.3 is 0 Å². The summed E-state index contributed by atoms with van der Waals surface area (Å²) >= 11 is 1.75. The third-order valence-corrected chi connectivity index (χ3v) is 4.39. The molecular weight excluding hydrogens is 256 g/mol. The highest BCUT2D eigenvalue weighted by Crippen LogP contribution is 2.37. The van der Waals surface area contributed by atoms with Crippen molar-refractivity contribution in [2.75, 3.05) is 23.8 Å². The molecule has 0 atom stereocenters. The Labute approximate surface area is 117 Å². The van der Waals surface area contributed by atoms with E-state index in [4.69, 9.17) is 4.98 Å². The van der Waals surface area contributed by atoms with Crippen LogP contribution in [0.1, 0.15) is 31.1 Å². The lowest BCUT2D eigenvalue weighted by molar-refractivity contribution is 0.753. The van der Waals surface area contributed by atoms with Gasteiger partial charge in [-0.1, -0.05) is 6.92 Å². The second kappa shape index (κ2) is 4.96. The van der Waals surface area contributed by atoms with Gasteiger partial charge in [0.05, 0.1) is 5.39 Å². The normalized spacial score (nSPS) is 14.9. The van der Waals surface area contributed by atoms with Crippen molar-refractivity contribution in [3.63, 3.8) is 0 Å². The highest BCUT2D eigenvalue weighted by atomic mass is 32.1. The molecule has 0 aromatic carbocycles. The highest BCUT2D eigenvalue weighted by Gasteiger charge is 2.31. The molecule has 19 heavy (non-hydrogen) atoms. The Morgan fingerprint density at radius 1 is 1.42 bits per heavy atom. The number of nitrogens with one attached hydrogen (secondary N) is 1. The predicted octanol–water partition coefficient (Wildman–Crippen LogP) is 3.42. The fraction of sp³-hybridized carbons (Fsp3) is 0.571. The molecule has 0 aliphatic heterocycles. The second-order valence-corrected chi connectivity index (χ2v) is 6.36. The van der Waals surface area contributed by atoms with E-state index in [-0.39, 0.29) is 0 Å². The van der Waals surface area contributed by atoms with Gasteiger partial charge in [-0.25, -0.2) is 4.98 Å². The van der Waals surface area contributed by atoms with E-state index in [1.807, 2.05) is 7.05 Å². The van der Waals surface area contributed by atoms with Gasteiger partial charge in [-0.15, -0.1) is 11.3 Å². The first-order valence-corrected chi connectivity index (χ1v) is 7.77. The predicted molar refractivity (Wildman–Crippen MR) is 82.4 cm³/mol. The van der Waals surface area contributed by atoms with Crippen molar-refractivity contribution in [2.45, 2.75) is 39.2 Å². The lowest BCUT2D eigenvalue weighted by atomic mass is 10.3. The van der Waals surface area contributed by atoms with E-state index < -0.39 is 0 Å². The topological polar surface area (TPSA) is 41.1 Å². The van der Waals surface area contributed by atoms with Crippen molar-refractivity contribution in [1.29, 1.82) is 0 Å². The SMILES string of the molecule is CCCN(c1nc(NC)nc2sc(C)cc12)C1CC1. The Bertz CT molecular complexity index is 588. The van der Waals surface area contributed by atoms with Crippen LogP contribution < -0.4 is 10.2 Å². The molecule has 0 radical (unpaired) electrons. The average molecular weight is 276 g/mol. The summed E-state index contributed by atoms with van der Waals surface area (Å²) in [6.07, 6.45) is 3.74. The molecule has 0 bridgehead atoms. The summed E-state index contributed by atoms with van der Waals surface area (Å²) in [5, 5.41) is 4.29. The molecule has 2 aromatic rings. The van der Waals surface area contributed by atoms with Gasteiger partial charge in [0.15, 0.2) is 0 Å². The molecule has 4 nitrogen and oxygen atoms in total. The fourth-order valence-corrected chi connectivity index (χ4v) is 3.32. The molecule has 3 rings (SSSR count). The minimum atomic E-state index is 0.683. The van der Waals surface area contributed by atoms with Crippen LogP contribution in [-0.4, -0.2) is 29.6 Å². The second-order valence-electron chi connectivity index (χ2n) is 5.12. The molecule has 0 unspecified atom stereocenters. The van der Waals surface area contributed by atoms with Crippen LogP contribution in [0, 0.1) is 6.92 Å². The summed E-state index contributed by atoms with van der Waals surface area (Å²) in [5.41, 5.74) is 0. The van der Waals surface area contributed by atoms with Crippen LogP contribution in [0.25, 0.3) is 10.2 Å². The first kappa shape index (κ1) is 12.7. The number of hydrogen-bond donors (Lipinski definition) is 1. The third-order valence-electron chi connectivity index (χ3n) is 3.44. The lowest BCUT2D eigenvalue weighted by Crippen LogP contribution is -2.27. The molecule has 2 heterocycles. The Morgan fingerprint density at radius 3 is 2.84 bits per heavy atom. The number of anilines is 2. The van der Waals surface area contributed by atoms with Crippen LogP contribution in [0.15, 0.2) is 6.07 Å². The summed E-state index contributed by atoms with van der Waals surface area (Å²) in [4.78, 5) is 14.1. The van der Waals surface area contributed by atoms with Gasteiger partial charge in [-0.2, -0.15) is 4.98 Å². The molecule has 1 fully saturated rings. The number of aromatic nitrogens is 2. The van der Waals surface area contributed by atoms with E-state index in [1.165, 1.54) is 23.1 Å². The first-order chi connectivity index (χ1) is 9.22. The molecule has 0 saturated heterocycles. The third kappa shape index (κ3) is 2.39. The largest absolute Gasteiger partial charge is 0.357 e. The maximum atomic E-state index is 4.72. The number of aryl methyl sites for hydroxylation is 1. The summed E-state index contributed by atoms with van der Waals surface area (Å²) in [6, 6.07) is 2.91. The maximum absolute atomic E-state index is 4.72. The van der Waals surface area contributed by atoms with Crippen LogP contribution in [0.2, 0.25) is 0 Å². The molecule has 0 amide bonds. The van der Waals surface area contributed by atoms with Crippen molar-refractivity contribution in [2.24, 2.45) is 0 Å². The molecule has 1 saturated carbocycles. The summed E-state index contributed by atoms with van der Waals surface area (Å²) < 4.78 is 0. The molecule has 1 N–H and O–H groups in total. The van der Waals surface area contributed by atoms with E-state index in [2.05, 4.69) is 35.1 Å². The van der Waals surface area contributed by atoms with E-state index in [0.29, 0.717) is 6.04 Å². The molecule has 5 heteroatoms. The molecule has 1 aliphatic rings. The highest BCUT2D eigenvalue weighted by molar-refractivity contribution is 7.18. The van der Waals surface area contributed by atoms with Crippen LogP contribution in [-0.2, 0) is 0 Å². The van der Waals surface area contributed by atoms with Crippen LogP contribution >= 0.6 is 11.3 Å².